The van der Waals surface area contributed by atoms with Crippen LogP contribution in [-0.4, -0.2) is 55.1 Å². The number of likely N-dealkylation sites (N-methyl/N-ethyl adjacent to an activating group) is 2. The van der Waals surface area contributed by atoms with Crippen LogP contribution in [0.5, 0.6) is 0 Å². The number of hydrogen-bond donors (Lipinski definition) is 0. The van der Waals surface area contributed by atoms with Crippen LogP contribution in [0.4, 0.5) is 0 Å². The largest absolute Gasteiger partial charge is 0.412 e. The highest BCUT2D eigenvalue weighted by atomic mass is 79.9. The number of halogens is 4. The van der Waals surface area contributed by atoms with E-state index in [0.717, 1.165) is 33.5 Å². The number of aliphatic imine (C=N–C) groups is 2. The van der Waals surface area contributed by atoms with Gasteiger partial charge in [-0.2, -0.15) is 0 Å². The van der Waals surface area contributed by atoms with E-state index < -0.39 is 0 Å². The van der Waals surface area contributed by atoms with Gasteiger partial charge in [0.25, 0.3) is 0 Å². The first-order chi connectivity index (χ1) is 19.3. The lowest BCUT2D eigenvalue weighted by Gasteiger charge is -2.28. The lowest BCUT2D eigenvalue weighted by Crippen LogP contribution is -2.28. The highest BCUT2D eigenvalue weighted by Crippen LogP contribution is 2.37. The predicted molar refractivity (Wildman–Crippen MR) is 193 cm³/mol. The molecule has 0 bridgehead atoms. The molecule has 0 amide bonds. The minimum Gasteiger partial charge on any atom is -0.412 e. The molecule has 9 heteroatoms. The fourth-order valence-electron chi connectivity index (χ4n) is 5.21. The Morgan fingerprint density at radius 2 is 0.814 bits per heavy atom. The van der Waals surface area contributed by atoms with Crippen LogP contribution in [0.2, 0.25) is 0 Å². The molecule has 2 heterocycles. The molecule has 2 N–H and O–H groups in total. The van der Waals surface area contributed by atoms with Gasteiger partial charge in [0, 0.05) is 50.0 Å². The van der Waals surface area contributed by atoms with Crippen molar-refractivity contribution in [3.63, 3.8) is 0 Å². The quantitative estimate of drug-likeness (QED) is 0.208. The monoisotopic (exact) mass is 746 g/mol. The number of hydrogen-bond acceptors (Lipinski definition) is 4. The van der Waals surface area contributed by atoms with Gasteiger partial charge in [0.15, 0.2) is 0 Å². The third-order valence-corrected chi connectivity index (χ3v) is 8.83. The van der Waals surface area contributed by atoms with E-state index in [4.69, 9.17) is 9.98 Å². The molecular weight excluding hydrogens is 711 g/mol. The van der Waals surface area contributed by atoms with E-state index in [1.807, 2.05) is 12.1 Å². The Balaban J connectivity index is 0.000000281. The van der Waals surface area contributed by atoms with Gasteiger partial charge in [0.1, 0.15) is 23.8 Å². The van der Waals surface area contributed by atoms with Crippen molar-refractivity contribution in [2.75, 3.05) is 28.2 Å². The molecule has 0 spiro atoms. The minimum atomic E-state index is 0. The normalized spacial score (nSPS) is 16.1. The first kappa shape index (κ1) is 36.5. The molecular formula is C34H38Br2Cl2N4O. The summed E-state index contributed by atoms with van der Waals surface area (Å²) in [4.78, 5) is 14.2. The molecule has 2 atom stereocenters. The summed E-state index contributed by atoms with van der Waals surface area (Å²) in [5.41, 5.74) is 7.80. The molecule has 4 aromatic rings. The molecule has 2 aliphatic rings. The lowest BCUT2D eigenvalue weighted by atomic mass is 9.90. The third kappa shape index (κ3) is 8.28. The maximum absolute atomic E-state index is 4.97. The lowest BCUT2D eigenvalue weighted by molar-refractivity contribution is 0.591. The Morgan fingerprint density at radius 3 is 1.14 bits per heavy atom. The van der Waals surface area contributed by atoms with E-state index in [0.29, 0.717) is 0 Å². The number of nitrogens with zero attached hydrogens (tertiary/aromatic N) is 4. The van der Waals surface area contributed by atoms with E-state index in [1.165, 1.54) is 33.4 Å². The molecule has 2 unspecified atom stereocenters. The fourth-order valence-corrected chi connectivity index (χ4v) is 6.21. The number of fused-ring (bicyclic) bond motifs is 2. The third-order valence-electron chi connectivity index (χ3n) is 7.38. The van der Waals surface area contributed by atoms with Crippen molar-refractivity contribution in [2.24, 2.45) is 9.98 Å². The van der Waals surface area contributed by atoms with Crippen LogP contribution in [0, 0.1) is 0 Å². The molecule has 43 heavy (non-hydrogen) atoms. The predicted octanol–water partition coefficient (Wildman–Crippen LogP) is 8.13. The van der Waals surface area contributed by atoms with Crippen LogP contribution in [0.3, 0.4) is 0 Å². The van der Waals surface area contributed by atoms with Gasteiger partial charge < -0.3 is 15.3 Å². The number of amidine groups is 2. The summed E-state index contributed by atoms with van der Waals surface area (Å²) >= 11 is 7.32. The van der Waals surface area contributed by atoms with Crippen LogP contribution in [0.15, 0.2) is 116 Å². The van der Waals surface area contributed by atoms with Crippen LogP contribution in [-0.2, 0) is 12.8 Å². The van der Waals surface area contributed by atoms with E-state index in [-0.39, 0.29) is 42.4 Å². The van der Waals surface area contributed by atoms with Gasteiger partial charge in [0.2, 0.25) is 0 Å². The zero-order chi connectivity index (χ0) is 28.2. The zero-order valence-electron chi connectivity index (χ0n) is 24.7. The van der Waals surface area contributed by atoms with Crippen molar-refractivity contribution in [3.8, 4) is 0 Å². The molecule has 4 aromatic carbocycles. The molecule has 0 saturated heterocycles. The van der Waals surface area contributed by atoms with Crippen molar-refractivity contribution in [1.29, 1.82) is 0 Å². The number of benzene rings is 4. The molecule has 0 radical (unpaired) electrons. The highest BCUT2D eigenvalue weighted by Gasteiger charge is 2.26. The second-order valence-corrected chi connectivity index (χ2v) is 12.2. The Hall–Kier alpha value is -2.68. The molecule has 0 aromatic heterocycles. The summed E-state index contributed by atoms with van der Waals surface area (Å²) in [5, 5.41) is 0. The van der Waals surface area contributed by atoms with Crippen molar-refractivity contribution in [1.82, 2.24) is 9.80 Å². The molecule has 0 saturated carbocycles. The molecule has 0 aliphatic carbocycles. The second kappa shape index (κ2) is 16.4. The topological polar surface area (TPSA) is 62.7 Å². The van der Waals surface area contributed by atoms with Gasteiger partial charge in [-0.05, 0) is 45.5 Å². The average molecular weight is 749 g/mol. The Kier molecular flexibility index (Phi) is 13.9. The fraction of sp³-hybridized carbons (Fsp3) is 0.235. The van der Waals surface area contributed by atoms with Crippen LogP contribution < -0.4 is 0 Å². The van der Waals surface area contributed by atoms with Gasteiger partial charge >= 0.3 is 0 Å². The second-order valence-electron chi connectivity index (χ2n) is 10.5. The van der Waals surface area contributed by atoms with Gasteiger partial charge in [-0.15, -0.1) is 24.8 Å². The zero-order valence-corrected chi connectivity index (χ0v) is 29.5. The van der Waals surface area contributed by atoms with E-state index in [1.54, 1.807) is 0 Å². The molecule has 0 fully saturated rings. The summed E-state index contributed by atoms with van der Waals surface area (Å²) in [7, 11) is 8.24. The summed E-state index contributed by atoms with van der Waals surface area (Å²) in [6, 6.07) is 34.0. The summed E-state index contributed by atoms with van der Waals surface area (Å²) in [6.07, 6.45) is 1.81. The Labute approximate surface area is 284 Å². The van der Waals surface area contributed by atoms with Crippen molar-refractivity contribution < 1.29 is 5.48 Å². The van der Waals surface area contributed by atoms with Gasteiger partial charge in [-0.3, -0.25) is 9.98 Å². The van der Waals surface area contributed by atoms with E-state index in [9.17, 15) is 0 Å². The Bertz CT molecular complexity index is 1460. The molecule has 6 rings (SSSR count). The van der Waals surface area contributed by atoms with E-state index in [2.05, 4.69) is 155 Å². The highest BCUT2D eigenvalue weighted by molar-refractivity contribution is 9.10. The summed E-state index contributed by atoms with van der Waals surface area (Å²) < 4.78 is 2.23. The van der Waals surface area contributed by atoms with Crippen molar-refractivity contribution >= 4 is 68.3 Å². The van der Waals surface area contributed by atoms with Gasteiger partial charge in [-0.1, -0.05) is 117 Å². The van der Waals surface area contributed by atoms with Gasteiger partial charge in [0.05, 0.1) is 0 Å². The van der Waals surface area contributed by atoms with Crippen LogP contribution in [0.25, 0.3) is 0 Å². The maximum Gasteiger partial charge on any atom is 0.104 e. The summed E-state index contributed by atoms with van der Waals surface area (Å²) in [5.74, 6) is 2.26. The average Bonchev–Trinajstić information content (AvgIpc) is 2.97. The molecule has 228 valence electrons. The molecule has 2 aliphatic heterocycles. The maximum atomic E-state index is 4.97. The SMILES string of the molecule is CN(C)C1=NC(c2ccccc2Br)c2ccccc2C1.CN(C)C1=NC(c2ccccc2Br)c2ccccc2C1.Cl.Cl.O. The smallest absolute Gasteiger partial charge is 0.104 e. The van der Waals surface area contributed by atoms with Crippen LogP contribution in [0.1, 0.15) is 45.5 Å². The summed E-state index contributed by atoms with van der Waals surface area (Å²) in [6.45, 7) is 0. The van der Waals surface area contributed by atoms with Crippen molar-refractivity contribution in [2.45, 2.75) is 24.9 Å². The molecule has 5 nitrogen and oxygen atoms in total. The first-order valence-corrected chi connectivity index (χ1v) is 15.0. The van der Waals surface area contributed by atoms with Crippen LogP contribution >= 0.6 is 56.7 Å². The minimum absolute atomic E-state index is 0. The van der Waals surface area contributed by atoms with Gasteiger partial charge in [-0.25, -0.2) is 0 Å². The van der Waals surface area contributed by atoms with E-state index >= 15 is 0 Å². The Morgan fingerprint density at radius 1 is 0.512 bits per heavy atom. The van der Waals surface area contributed by atoms with Crippen molar-refractivity contribution in [3.05, 3.63) is 139 Å². The standard InChI is InChI=1S/2C17H17BrN2.2ClH.H2O/c2*1-20(2)16-11-12-7-3-4-8-13(12)17(19-16)14-9-5-6-10-15(14)18;;;/h2*3-10,17H,11H2,1-2H3;2*1H;1H2. The number of rotatable bonds is 2. The first-order valence-electron chi connectivity index (χ1n) is 13.5.